The maximum absolute atomic E-state index is 10.3. The summed E-state index contributed by atoms with van der Waals surface area (Å²) < 4.78 is 5.29. The lowest BCUT2D eigenvalue weighted by Crippen LogP contribution is -2.43. The lowest BCUT2D eigenvalue weighted by Gasteiger charge is -2.25. The Morgan fingerprint density at radius 2 is 2.22 bits per heavy atom. The van der Waals surface area contributed by atoms with E-state index in [1.165, 1.54) is 0 Å². The van der Waals surface area contributed by atoms with Crippen molar-refractivity contribution in [1.82, 2.24) is 15.5 Å². The average molecular weight is 436 g/mol. The fourth-order valence-corrected chi connectivity index (χ4v) is 2.08. The van der Waals surface area contributed by atoms with Gasteiger partial charge in [0.1, 0.15) is 5.76 Å². The maximum atomic E-state index is 10.3. The molecule has 6 nitrogen and oxygen atoms in total. The molecule has 1 aromatic rings. The predicted molar refractivity (Wildman–Crippen MR) is 106 cm³/mol. The van der Waals surface area contributed by atoms with Crippen molar-refractivity contribution in [2.45, 2.75) is 18.9 Å². The third-order valence-corrected chi connectivity index (χ3v) is 2.89. The molecule has 0 fully saturated rings. The van der Waals surface area contributed by atoms with E-state index >= 15 is 0 Å². The third-order valence-electron chi connectivity index (χ3n) is 2.89. The number of halogens is 1. The first-order chi connectivity index (χ1) is 10.4. The van der Waals surface area contributed by atoms with E-state index in [-0.39, 0.29) is 24.0 Å². The Morgan fingerprint density at radius 1 is 1.48 bits per heavy atom. The number of furan rings is 1. The minimum atomic E-state index is -0.868. The van der Waals surface area contributed by atoms with Gasteiger partial charge in [0.2, 0.25) is 0 Å². The third kappa shape index (κ3) is 10.4. The minimum Gasteiger partial charge on any atom is -0.469 e. The van der Waals surface area contributed by atoms with E-state index in [9.17, 15) is 5.11 Å². The summed E-state index contributed by atoms with van der Waals surface area (Å²) in [5, 5.41) is 16.7. The van der Waals surface area contributed by atoms with E-state index in [0.717, 1.165) is 12.2 Å². The molecule has 0 saturated heterocycles. The molecule has 0 amide bonds. The van der Waals surface area contributed by atoms with Crippen LogP contribution in [-0.2, 0) is 6.42 Å². The smallest absolute Gasteiger partial charge is 0.191 e. The van der Waals surface area contributed by atoms with Gasteiger partial charge in [-0.3, -0.25) is 4.99 Å². The highest BCUT2D eigenvalue weighted by Crippen LogP contribution is 2.05. The molecule has 1 rings (SSSR count). The molecule has 7 heteroatoms. The van der Waals surface area contributed by atoms with Gasteiger partial charge in [-0.25, -0.2) is 0 Å². The molecule has 0 radical (unpaired) electrons. The van der Waals surface area contributed by atoms with Gasteiger partial charge in [0.05, 0.1) is 18.4 Å². The van der Waals surface area contributed by atoms with Crippen molar-refractivity contribution in [2.75, 3.05) is 40.3 Å². The van der Waals surface area contributed by atoms with Crippen molar-refractivity contribution in [3.63, 3.8) is 0 Å². The van der Waals surface area contributed by atoms with E-state index in [1.54, 1.807) is 19.3 Å². The van der Waals surface area contributed by atoms with E-state index in [4.69, 9.17) is 4.42 Å². The SMILES string of the molecule is C=CCNC(=NCC(C)(O)CN(C)C)NCCc1ccco1.I. The molecule has 1 heterocycles. The molecule has 0 aliphatic rings. The van der Waals surface area contributed by atoms with Crippen LogP contribution in [-0.4, -0.2) is 61.8 Å². The van der Waals surface area contributed by atoms with Crippen molar-refractivity contribution in [1.29, 1.82) is 0 Å². The van der Waals surface area contributed by atoms with Crippen molar-refractivity contribution >= 4 is 29.9 Å². The molecule has 1 aromatic heterocycles. The Balaban J connectivity index is 0.00000484. The number of rotatable bonds is 9. The number of likely N-dealkylation sites (N-methyl/N-ethyl adjacent to an activating group) is 1. The van der Waals surface area contributed by atoms with E-state index in [0.29, 0.717) is 32.1 Å². The molecule has 0 spiro atoms. The highest BCUT2D eigenvalue weighted by Gasteiger charge is 2.21. The highest BCUT2D eigenvalue weighted by atomic mass is 127. The molecule has 0 bridgehead atoms. The van der Waals surface area contributed by atoms with Crippen LogP contribution in [0.15, 0.2) is 40.5 Å². The molecule has 23 heavy (non-hydrogen) atoms. The second-order valence-electron chi connectivity index (χ2n) is 5.83. The van der Waals surface area contributed by atoms with Crippen LogP contribution in [0.2, 0.25) is 0 Å². The van der Waals surface area contributed by atoms with Gasteiger partial charge in [-0.2, -0.15) is 0 Å². The Morgan fingerprint density at radius 3 is 2.78 bits per heavy atom. The number of aliphatic hydroxyl groups is 1. The molecule has 0 saturated carbocycles. The van der Waals surface area contributed by atoms with Gasteiger partial charge >= 0.3 is 0 Å². The first-order valence-corrected chi connectivity index (χ1v) is 7.45. The van der Waals surface area contributed by atoms with Crippen molar-refractivity contribution in [3.8, 4) is 0 Å². The summed E-state index contributed by atoms with van der Waals surface area (Å²) in [5.74, 6) is 1.58. The Hall–Kier alpha value is -1.06. The van der Waals surface area contributed by atoms with Gasteiger partial charge < -0.3 is 25.1 Å². The Labute approximate surface area is 156 Å². The number of hydrogen-bond donors (Lipinski definition) is 3. The second kappa shape index (κ2) is 11.5. The number of nitrogens with zero attached hydrogens (tertiary/aromatic N) is 2. The first kappa shape index (κ1) is 21.9. The van der Waals surface area contributed by atoms with Crippen LogP contribution >= 0.6 is 24.0 Å². The molecular weight excluding hydrogens is 407 g/mol. The van der Waals surface area contributed by atoms with Crippen molar-refractivity contribution in [3.05, 3.63) is 36.8 Å². The van der Waals surface area contributed by atoms with Crippen LogP contribution in [0.4, 0.5) is 0 Å². The summed E-state index contributed by atoms with van der Waals surface area (Å²) >= 11 is 0. The predicted octanol–water partition coefficient (Wildman–Crippen LogP) is 1.47. The topological polar surface area (TPSA) is 73.0 Å². The zero-order valence-corrected chi connectivity index (χ0v) is 16.5. The molecular formula is C16H29IN4O2. The van der Waals surface area contributed by atoms with Gasteiger partial charge in [0.15, 0.2) is 5.96 Å². The Bertz CT molecular complexity index is 459. The molecule has 1 unspecified atom stereocenters. The highest BCUT2D eigenvalue weighted by molar-refractivity contribution is 14.0. The van der Waals surface area contributed by atoms with Crippen LogP contribution in [0.1, 0.15) is 12.7 Å². The monoisotopic (exact) mass is 436 g/mol. The summed E-state index contributed by atoms with van der Waals surface area (Å²) in [5.41, 5.74) is -0.868. The number of aliphatic imine (C=N–C) groups is 1. The zero-order chi connectivity index (χ0) is 16.4. The largest absolute Gasteiger partial charge is 0.469 e. The summed E-state index contributed by atoms with van der Waals surface area (Å²) in [6.07, 6.45) is 4.20. The lowest BCUT2D eigenvalue weighted by atomic mass is 10.1. The number of guanidine groups is 1. The van der Waals surface area contributed by atoms with Gasteiger partial charge in [-0.1, -0.05) is 6.08 Å². The van der Waals surface area contributed by atoms with Crippen molar-refractivity contribution < 1.29 is 9.52 Å². The van der Waals surface area contributed by atoms with Crippen molar-refractivity contribution in [2.24, 2.45) is 4.99 Å². The number of hydrogen-bond acceptors (Lipinski definition) is 4. The molecule has 132 valence electrons. The average Bonchev–Trinajstić information content (AvgIpc) is 2.93. The zero-order valence-electron chi connectivity index (χ0n) is 14.2. The van der Waals surface area contributed by atoms with Crippen LogP contribution in [0, 0.1) is 0 Å². The summed E-state index contributed by atoms with van der Waals surface area (Å²) in [6.45, 7) is 7.65. The second-order valence-corrected chi connectivity index (χ2v) is 5.83. The maximum Gasteiger partial charge on any atom is 0.191 e. The Kier molecular flexibility index (Phi) is 10.9. The van der Waals surface area contributed by atoms with Gasteiger partial charge in [-0.05, 0) is 33.2 Å². The van der Waals surface area contributed by atoms with Crippen LogP contribution in [0.5, 0.6) is 0 Å². The van der Waals surface area contributed by atoms with E-state index in [1.807, 2.05) is 31.1 Å². The fourth-order valence-electron chi connectivity index (χ4n) is 2.08. The van der Waals surface area contributed by atoms with Crippen LogP contribution in [0.3, 0.4) is 0 Å². The first-order valence-electron chi connectivity index (χ1n) is 7.45. The van der Waals surface area contributed by atoms with Crippen LogP contribution < -0.4 is 10.6 Å². The molecule has 0 aromatic carbocycles. The fraction of sp³-hybridized carbons (Fsp3) is 0.562. The lowest BCUT2D eigenvalue weighted by molar-refractivity contribution is 0.0423. The summed E-state index contributed by atoms with van der Waals surface area (Å²) in [4.78, 5) is 6.39. The standard InChI is InChI=1S/C16H28N4O2.HI/c1-5-9-17-15(18-10-8-14-7-6-11-22-14)19-12-16(2,21)13-20(3)4;/h5-7,11,21H,1,8-10,12-13H2,2-4H3,(H2,17,18,19);1H. The van der Waals surface area contributed by atoms with Gasteiger partial charge in [-0.15, -0.1) is 30.6 Å². The van der Waals surface area contributed by atoms with Crippen LogP contribution in [0.25, 0.3) is 0 Å². The van der Waals surface area contributed by atoms with Gasteiger partial charge in [0, 0.05) is 26.1 Å². The molecule has 3 N–H and O–H groups in total. The summed E-state index contributed by atoms with van der Waals surface area (Å²) in [6, 6.07) is 3.82. The normalized spacial score (nSPS) is 14.0. The van der Waals surface area contributed by atoms with E-state index < -0.39 is 5.60 Å². The number of nitrogens with one attached hydrogen (secondary N) is 2. The van der Waals surface area contributed by atoms with Gasteiger partial charge in [0.25, 0.3) is 0 Å². The minimum absolute atomic E-state index is 0. The molecule has 0 aliphatic heterocycles. The molecule has 0 aliphatic carbocycles. The summed E-state index contributed by atoms with van der Waals surface area (Å²) in [7, 11) is 3.85. The van der Waals surface area contributed by atoms with E-state index in [2.05, 4.69) is 22.2 Å². The quantitative estimate of drug-likeness (QED) is 0.237. The molecule has 1 atom stereocenters.